The minimum Gasteiger partial charge on any atom is -0.493 e. The van der Waals surface area contributed by atoms with Gasteiger partial charge in [-0.05, 0) is 29.1 Å². The SMILES string of the molecule is COc1ccc([C@H](CNC(C)=O)S(=O)(=O)c2cccs2)cc1OC. The van der Waals surface area contributed by atoms with Gasteiger partial charge in [0.2, 0.25) is 5.91 Å². The summed E-state index contributed by atoms with van der Waals surface area (Å²) in [4.78, 5) is 11.3. The molecule has 2 rings (SSSR count). The van der Waals surface area contributed by atoms with Gasteiger partial charge >= 0.3 is 0 Å². The maximum Gasteiger partial charge on any atom is 0.216 e. The molecule has 1 heterocycles. The van der Waals surface area contributed by atoms with Gasteiger partial charge in [-0.25, -0.2) is 8.42 Å². The zero-order valence-corrected chi connectivity index (χ0v) is 15.2. The lowest BCUT2D eigenvalue weighted by Crippen LogP contribution is -2.30. The number of carbonyl (C=O) groups is 1. The van der Waals surface area contributed by atoms with Crippen molar-refractivity contribution in [3.8, 4) is 11.5 Å². The van der Waals surface area contributed by atoms with Crippen molar-refractivity contribution >= 4 is 27.1 Å². The van der Waals surface area contributed by atoms with Crippen molar-refractivity contribution in [2.45, 2.75) is 16.4 Å². The van der Waals surface area contributed by atoms with E-state index in [0.29, 0.717) is 17.1 Å². The maximum absolute atomic E-state index is 12.9. The highest BCUT2D eigenvalue weighted by Gasteiger charge is 2.31. The Labute approximate surface area is 145 Å². The second kappa shape index (κ2) is 7.67. The minimum absolute atomic E-state index is 0.0228. The summed E-state index contributed by atoms with van der Waals surface area (Å²) in [6, 6.07) is 8.18. The predicted octanol–water partition coefficient (Wildman–Crippen LogP) is 2.42. The van der Waals surface area contributed by atoms with Gasteiger partial charge in [-0.1, -0.05) is 12.1 Å². The van der Waals surface area contributed by atoms with Crippen LogP contribution in [0.15, 0.2) is 39.9 Å². The number of hydrogen-bond acceptors (Lipinski definition) is 6. The van der Waals surface area contributed by atoms with Crippen LogP contribution in [0.3, 0.4) is 0 Å². The molecule has 1 N–H and O–H groups in total. The van der Waals surface area contributed by atoms with E-state index in [1.165, 1.54) is 21.1 Å². The molecule has 1 aromatic carbocycles. The summed E-state index contributed by atoms with van der Waals surface area (Å²) in [7, 11) is -0.651. The van der Waals surface area contributed by atoms with Crippen LogP contribution in [0.5, 0.6) is 11.5 Å². The van der Waals surface area contributed by atoms with Gasteiger partial charge in [0.15, 0.2) is 21.3 Å². The van der Waals surface area contributed by atoms with Gasteiger partial charge in [-0.15, -0.1) is 11.3 Å². The largest absolute Gasteiger partial charge is 0.493 e. The molecule has 2 aromatic rings. The first-order chi connectivity index (χ1) is 11.4. The summed E-state index contributed by atoms with van der Waals surface area (Å²) < 4.78 is 36.6. The van der Waals surface area contributed by atoms with Crippen molar-refractivity contribution in [2.24, 2.45) is 0 Å². The lowest BCUT2D eigenvalue weighted by atomic mass is 10.1. The lowest BCUT2D eigenvalue weighted by molar-refractivity contribution is -0.118. The standard InChI is InChI=1S/C16H19NO5S2/c1-11(18)17-10-15(24(19,20)16-5-4-8-23-16)12-6-7-13(21-2)14(9-12)22-3/h4-9,15H,10H2,1-3H3,(H,17,18)/t15-/m0/s1. The predicted molar refractivity (Wildman–Crippen MR) is 92.5 cm³/mol. The fraction of sp³-hybridized carbons (Fsp3) is 0.312. The lowest BCUT2D eigenvalue weighted by Gasteiger charge is -2.19. The zero-order valence-electron chi connectivity index (χ0n) is 13.6. The Morgan fingerprint density at radius 3 is 2.46 bits per heavy atom. The molecule has 0 spiro atoms. The molecule has 8 heteroatoms. The quantitative estimate of drug-likeness (QED) is 0.810. The second-order valence-corrected chi connectivity index (χ2v) is 8.32. The minimum atomic E-state index is -3.64. The van der Waals surface area contributed by atoms with E-state index in [1.807, 2.05) is 0 Å². The zero-order chi connectivity index (χ0) is 17.7. The Balaban J connectivity index is 2.49. The molecular formula is C16H19NO5S2. The summed E-state index contributed by atoms with van der Waals surface area (Å²) in [5.74, 6) is 0.652. The van der Waals surface area contributed by atoms with Crippen LogP contribution in [0.1, 0.15) is 17.7 Å². The van der Waals surface area contributed by atoms with Gasteiger partial charge in [-0.3, -0.25) is 4.79 Å². The first-order valence-electron chi connectivity index (χ1n) is 7.14. The molecule has 0 fully saturated rings. The number of amides is 1. The van der Waals surface area contributed by atoms with Gasteiger partial charge in [0.25, 0.3) is 0 Å². The monoisotopic (exact) mass is 369 g/mol. The number of nitrogens with one attached hydrogen (secondary N) is 1. The van der Waals surface area contributed by atoms with Gasteiger partial charge in [-0.2, -0.15) is 0 Å². The van der Waals surface area contributed by atoms with Crippen LogP contribution >= 0.6 is 11.3 Å². The first-order valence-corrected chi connectivity index (χ1v) is 9.56. The fourth-order valence-corrected chi connectivity index (χ4v) is 5.12. The number of methoxy groups -OCH3 is 2. The molecule has 0 saturated carbocycles. The number of rotatable bonds is 7. The number of hydrogen-bond donors (Lipinski definition) is 1. The van der Waals surface area contributed by atoms with Crippen LogP contribution in [0.4, 0.5) is 0 Å². The van der Waals surface area contributed by atoms with Crippen LogP contribution < -0.4 is 14.8 Å². The van der Waals surface area contributed by atoms with E-state index in [1.54, 1.807) is 35.7 Å². The number of benzene rings is 1. The van der Waals surface area contributed by atoms with E-state index >= 15 is 0 Å². The number of thiophene rings is 1. The smallest absolute Gasteiger partial charge is 0.216 e. The molecule has 0 aliphatic heterocycles. The average Bonchev–Trinajstić information content (AvgIpc) is 3.09. The van der Waals surface area contributed by atoms with Crippen molar-refractivity contribution < 1.29 is 22.7 Å². The summed E-state index contributed by atoms with van der Waals surface area (Å²) in [6.07, 6.45) is 0. The maximum atomic E-state index is 12.9. The molecule has 130 valence electrons. The molecule has 0 radical (unpaired) electrons. The molecule has 0 bridgehead atoms. The van der Waals surface area contributed by atoms with Crippen molar-refractivity contribution in [1.29, 1.82) is 0 Å². The van der Waals surface area contributed by atoms with Crippen LogP contribution in [0, 0.1) is 0 Å². The van der Waals surface area contributed by atoms with Crippen molar-refractivity contribution in [3.05, 3.63) is 41.3 Å². The van der Waals surface area contributed by atoms with E-state index < -0.39 is 15.1 Å². The van der Waals surface area contributed by atoms with E-state index in [0.717, 1.165) is 11.3 Å². The third-order valence-electron chi connectivity index (χ3n) is 3.47. The Kier molecular flexibility index (Phi) is 5.84. The summed E-state index contributed by atoms with van der Waals surface area (Å²) in [5, 5.41) is 3.38. The van der Waals surface area contributed by atoms with E-state index in [9.17, 15) is 13.2 Å². The van der Waals surface area contributed by atoms with Crippen molar-refractivity contribution in [2.75, 3.05) is 20.8 Å². The Hall–Kier alpha value is -2.06. The molecule has 0 aliphatic carbocycles. The van der Waals surface area contributed by atoms with E-state index in [4.69, 9.17) is 9.47 Å². The summed E-state index contributed by atoms with van der Waals surface area (Å²) in [5.41, 5.74) is 0.523. The normalized spacial score (nSPS) is 12.5. The summed E-state index contributed by atoms with van der Waals surface area (Å²) >= 11 is 1.15. The van der Waals surface area contributed by atoms with Crippen LogP contribution in [-0.2, 0) is 14.6 Å². The van der Waals surface area contributed by atoms with Crippen LogP contribution in [-0.4, -0.2) is 35.1 Å². The number of carbonyl (C=O) groups excluding carboxylic acids is 1. The van der Waals surface area contributed by atoms with Crippen LogP contribution in [0.2, 0.25) is 0 Å². The molecule has 0 unspecified atom stereocenters. The number of sulfone groups is 1. The fourth-order valence-electron chi connectivity index (χ4n) is 2.26. The molecule has 1 atom stereocenters. The molecule has 1 aromatic heterocycles. The Morgan fingerprint density at radius 2 is 1.92 bits per heavy atom. The van der Waals surface area contributed by atoms with Crippen molar-refractivity contribution in [1.82, 2.24) is 5.32 Å². The molecule has 24 heavy (non-hydrogen) atoms. The highest BCUT2D eigenvalue weighted by Crippen LogP contribution is 2.36. The van der Waals surface area contributed by atoms with E-state index in [2.05, 4.69) is 5.32 Å². The van der Waals surface area contributed by atoms with Crippen LogP contribution in [0.25, 0.3) is 0 Å². The molecular weight excluding hydrogens is 350 g/mol. The first kappa shape index (κ1) is 18.3. The Bertz CT molecular complexity index is 800. The third-order valence-corrected chi connectivity index (χ3v) is 7.00. The second-order valence-electron chi connectivity index (χ2n) is 5.02. The highest BCUT2D eigenvalue weighted by molar-refractivity contribution is 7.93. The molecule has 0 aliphatic rings. The van der Waals surface area contributed by atoms with Gasteiger partial charge < -0.3 is 14.8 Å². The van der Waals surface area contributed by atoms with Gasteiger partial charge in [0.1, 0.15) is 9.46 Å². The van der Waals surface area contributed by atoms with E-state index in [-0.39, 0.29) is 16.7 Å². The average molecular weight is 369 g/mol. The van der Waals surface area contributed by atoms with Gasteiger partial charge in [0, 0.05) is 13.5 Å². The third kappa shape index (κ3) is 3.88. The molecule has 0 saturated heterocycles. The van der Waals surface area contributed by atoms with Gasteiger partial charge in [0.05, 0.1) is 14.2 Å². The molecule has 6 nitrogen and oxygen atoms in total. The summed E-state index contributed by atoms with van der Waals surface area (Å²) in [6.45, 7) is 1.33. The van der Waals surface area contributed by atoms with Crippen molar-refractivity contribution in [3.63, 3.8) is 0 Å². The Morgan fingerprint density at radius 1 is 1.21 bits per heavy atom. The molecule has 1 amide bonds. The highest BCUT2D eigenvalue weighted by atomic mass is 32.2. The number of ether oxygens (including phenoxy) is 2. The topological polar surface area (TPSA) is 81.7 Å².